The highest BCUT2D eigenvalue weighted by Gasteiger charge is 2.20. The molecule has 0 fully saturated rings. The molecule has 122 valence electrons. The molecule has 1 aliphatic heterocycles. The van der Waals surface area contributed by atoms with Crippen molar-refractivity contribution in [3.63, 3.8) is 0 Å². The van der Waals surface area contributed by atoms with Crippen molar-refractivity contribution in [2.24, 2.45) is 0 Å². The minimum Gasteiger partial charge on any atom is -0.508 e. The summed E-state index contributed by atoms with van der Waals surface area (Å²) in [6.07, 6.45) is 0.994. The van der Waals surface area contributed by atoms with E-state index in [1.54, 1.807) is 12.1 Å². The molecule has 2 heterocycles. The van der Waals surface area contributed by atoms with Crippen molar-refractivity contribution in [3.05, 3.63) is 71.8 Å². The fourth-order valence-corrected chi connectivity index (χ4v) is 3.94. The molecule has 0 radical (unpaired) electrons. The predicted molar refractivity (Wildman–Crippen MR) is 102 cm³/mol. The van der Waals surface area contributed by atoms with Crippen LogP contribution >= 0.6 is 0 Å². The summed E-state index contributed by atoms with van der Waals surface area (Å²) in [6, 6.07) is 20.2. The zero-order chi connectivity index (χ0) is 16.8. The van der Waals surface area contributed by atoms with Crippen LogP contribution in [0.2, 0.25) is 0 Å². The molecule has 0 saturated heterocycles. The molecular weight excluding hydrogens is 308 g/mol. The van der Waals surface area contributed by atoms with Gasteiger partial charge in [-0.25, -0.2) is 4.98 Å². The number of nitrogens with one attached hydrogen (secondary N) is 1. The Balaban J connectivity index is 1.91. The number of hydrogen-bond donors (Lipinski definition) is 2. The first kappa shape index (κ1) is 14.4. The Kier molecular flexibility index (Phi) is 3.22. The Morgan fingerprint density at radius 2 is 1.84 bits per heavy atom. The number of pyridine rings is 1. The van der Waals surface area contributed by atoms with Gasteiger partial charge in [0.05, 0.1) is 11.2 Å². The van der Waals surface area contributed by atoms with E-state index in [-0.39, 0.29) is 5.75 Å². The van der Waals surface area contributed by atoms with Crippen LogP contribution in [-0.4, -0.2) is 16.6 Å². The summed E-state index contributed by atoms with van der Waals surface area (Å²) in [6.45, 7) is 1.79. The summed E-state index contributed by atoms with van der Waals surface area (Å²) in [5.41, 5.74) is 5.60. The van der Waals surface area contributed by atoms with Gasteiger partial charge in [-0.2, -0.15) is 0 Å². The van der Waals surface area contributed by atoms with Crippen LogP contribution in [0.25, 0.3) is 32.9 Å². The molecule has 4 aromatic rings. The van der Waals surface area contributed by atoms with E-state index in [0.717, 1.165) is 36.3 Å². The molecule has 1 aliphatic rings. The second kappa shape index (κ2) is 5.57. The average molecular weight is 326 g/mol. The van der Waals surface area contributed by atoms with Crippen molar-refractivity contribution in [1.82, 2.24) is 10.3 Å². The predicted octanol–water partition coefficient (Wildman–Crippen LogP) is 4.41. The van der Waals surface area contributed by atoms with Crippen LogP contribution in [0.4, 0.5) is 0 Å². The lowest BCUT2D eigenvalue weighted by Crippen LogP contribution is -2.25. The first-order valence-electron chi connectivity index (χ1n) is 8.64. The Hall–Kier alpha value is -2.91. The minimum absolute atomic E-state index is 0.274. The number of nitrogens with zero attached hydrogens (tertiary/aromatic N) is 1. The van der Waals surface area contributed by atoms with Gasteiger partial charge in [0.15, 0.2) is 0 Å². The van der Waals surface area contributed by atoms with Crippen LogP contribution in [0.3, 0.4) is 0 Å². The van der Waals surface area contributed by atoms with Crippen LogP contribution in [-0.2, 0) is 13.0 Å². The lowest BCUT2D eigenvalue weighted by Gasteiger charge is -2.23. The Morgan fingerprint density at radius 1 is 0.920 bits per heavy atom. The molecule has 0 saturated carbocycles. The number of phenolic OH excluding ortho intramolecular Hbond substituents is 1. The van der Waals surface area contributed by atoms with Gasteiger partial charge in [-0.3, -0.25) is 0 Å². The smallest absolute Gasteiger partial charge is 0.116 e. The molecule has 0 amide bonds. The molecular formula is C22H18N2O. The average Bonchev–Trinajstić information content (AvgIpc) is 2.67. The highest BCUT2D eigenvalue weighted by atomic mass is 16.3. The van der Waals surface area contributed by atoms with Gasteiger partial charge in [0.1, 0.15) is 5.75 Å². The number of fused-ring (bicyclic) bond motifs is 5. The third-order valence-electron chi connectivity index (χ3n) is 5.06. The maximum Gasteiger partial charge on any atom is 0.116 e. The molecule has 3 nitrogen and oxygen atoms in total. The van der Waals surface area contributed by atoms with Crippen molar-refractivity contribution >= 4 is 21.7 Å². The standard InChI is InChI=1S/C22H18N2O/c25-16-6-3-5-15(12-16)22-19-13-23-11-10-18(19)21-17-7-2-1-4-14(17)8-9-20(21)24-22/h1-9,12,23,25H,10-11,13H2. The fourth-order valence-electron chi connectivity index (χ4n) is 3.94. The van der Waals surface area contributed by atoms with E-state index < -0.39 is 0 Å². The molecule has 0 unspecified atom stereocenters. The second-order valence-electron chi connectivity index (χ2n) is 6.58. The van der Waals surface area contributed by atoms with E-state index in [1.165, 1.54) is 27.3 Å². The summed E-state index contributed by atoms with van der Waals surface area (Å²) < 4.78 is 0. The Morgan fingerprint density at radius 3 is 2.76 bits per heavy atom. The highest BCUT2D eigenvalue weighted by Crippen LogP contribution is 2.36. The van der Waals surface area contributed by atoms with Crippen LogP contribution in [0.15, 0.2) is 60.7 Å². The molecule has 5 rings (SSSR count). The van der Waals surface area contributed by atoms with E-state index in [9.17, 15) is 5.11 Å². The van der Waals surface area contributed by atoms with Crippen LogP contribution in [0.1, 0.15) is 11.1 Å². The number of rotatable bonds is 1. The van der Waals surface area contributed by atoms with Crippen molar-refractivity contribution < 1.29 is 5.11 Å². The molecule has 0 bridgehead atoms. The third kappa shape index (κ3) is 2.28. The van der Waals surface area contributed by atoms with Crippen molar-refractivity contribution in [1.29, 1.82) is 0 Å². The monoisotopic (exact) mass is 326 g/mol. The first-order valence-corrected chi connectivity index (χ1v) is 8.64. The third-order valence-corrected chi connectivity index (χ3v) is 5.06. The maximum atomic E-state index is 9.89. The maximum absolute atomic E-state index is 9.89. The molecule has 25 heavy (non-hydrogen) atoms. The topological polar surface area (TPSA) is 45.2 Å². The van der Waals surface area contributed by atoms with Gasteiger partial charge < -0.3 is 10.4 Å². The van der Waals surface area contributed by atoms with Crippen molar-refractivity contribution in [2.75, 3.05) is 6.54 Å². The van der Waals surface area contributed by atoms with Crippen molar-refractivity contribution in [2.45, 2.75) is 13.0 Å². The van der Waals surface area contributed by atoms with E-state index >= 15 is 0 Å². The normalized spacial score (nSPS) is 13.9. The number of aromatic nitrogens is 1. The van der Waals surface area contributed by atoms with Crippen LogP contribution in [0.5, 0.6) is 5.75 Å². The Labute approximate surface area is 146 Å². The summed E-state index contributed by atoms with van der Waals surface area (Å²) in [7, 11) is 0. The minimum atomic E-state index is 0.274. The zero-order valence-corrected chi connectivity index (χ0v) is 13.8. The molecule has 0 spiro atoms. The van der Waals surface area contributed by atoms with E-state index in [1.807, 2.05) is 12.1 Å². The number of aromatic hydroxyl groups is 1. The largest absolute Gasteiger partial charge is 0.508 e. The van der Waals surface area contributed by atoms with E-state index in [4.69, 9.17) is 4.98 Å². The summed E-state index contributed by atoms with van der Waals surface area (Å²) in [5.74, 6) is 0.274. The van der Waals surface area contributed by atoms with Gasteiger partial charge in [0, 0.05) is 17.5 Å². The van der Waals surface area contributed by atoms with Gasteiger partial charge in [-0.1, -0.05) is 42.5 Å². The van der Waals surface area contributed by atoms with E-state index in [2.05, 4.69) is 41.7 Å². The number of benzene rings is 3. The van der Waals surface area contributed by atoms with Crippen molar-refractivity contribution in [3.8, 4) is 17.0 Å². The highest BCUT2D eigenvalue weighted by molar-refractivity contribution is 6.09. The zero-order valence-electron chi connectivity index (χ0n) is 13.8. The lowest BCUT2D eigenvalue weighted by molar-refractivity contribution is 0.475. The van der Waals surface area contributed by atoms with Gasteiger partial charge in [0.2, 0.25) is 0 Å². The van der Waals surface area contributed by atoms with E-state index in [0.29, 0.717) is 0 Å². The summed E-state index contributed by atoms with van der Waals surface area (Å²) in [4.78, 5) is 5.00. The van der Waals surface area contributed by atoms with Gasteiger partial charge in [-0.05, 0) is 53.1 Å². The van der Waals surface area contributed by atoms with Crippen LogP contribution in [0, 0.1) is 0 Å². The summed E-state index contributed by atoms with van der Waals surface area (Å²) in [5, 5.41) is 17.2. The van der Waals surface area contributed by atoms with Crippen LogP contribution < -0.4 is 5.32 Å². The number of hydrogen-bond acceptors (Lipinski definition) is 3. The fraction of sp³-hybridized carbons (Fsp3) is 0.136. The van der Waals surface area contributed by atoms with Gasteiger partial charge in [-0.15, -0.1) is 0 Å². The molecule has 1 aromatic heterocycles. The molecule has 3 aromatic carbocycles. The quantitative estimate of drug-likeness (QED) is 0.509. The number of phenols is 1. The summed E-state index contributed by atoms with van der Waals surface area (Å²) >= 11 is 0. The second-order valence-corrected chi connectivity index (χ2v) is 6.58. The van der Waals surface area contributed by atoms with Gasteiger partial charge >= 0.3 is 0 Å². The van der Waals surface area contributed by atoms with Gasteiger partial charge in [0.25, 0.3) is 0 Å². The SMILES string of the molecule is Oc1cccc(-c2nc3ccc4ccccc4c3c3c2CNCC3)c1. The first-order chi connectivity index (χ1) is 12.3. The molecule has 2 N–H and O–H groups in total. The lowest BCUT2D eigenvalue weighted by atomic mass is 9.90. The molecule has 0 aliphatic carbocycles. The molecule has 3 heteroatoms. The molecule has 0 atom stereocenters. The Bertz CT molecular complexity index is 1120.